The number of aromatic nitrogens is 6. The van der Waals surface area contributed by atoms with Gasteiger partial charge in [-0.15, -0.1) is 0 Å². The van der Waals surface area contributed by atoms with E-state index in [-0.39, 0.29) is 38.8 Å². The first-order chi connectivity index (χ1) is 31.9. The Kier molecular flexibility index (Phi) is 12.7. The summed E-state index contributed by atoms with van der Waals surface area (Å²) in [4.78, 5) is 52.8. The summed E-state index contributed by atoms with van der Waals surface area (Å²) >= 11 is 0. The molecule has 0 radical (unpaired) electrons. The molecule has 14 nitrogen and oxygen atoms in total. The summed E-state index contributed by atoms with van der Waals surface area (Å²) in [6.45, 7) is 26.7. The second-order valence-corrected chi connectivity index (χ2v) is 23.0. The number of allylic oxidation sites excluding steroid dienone is 1. The predicted octanol–water partition coefficient (Wildman–Crippen LogP) is 9.23. The summed E-state index contributed by atoms with van der Waals surface area (Å²) in [5.41, 5.74) is 5.95. The molecule has 0 amide bonds. The average molecular weight is 937 g/mol. The molecule has 68 heavy (non-hydrogen) atoms. The van der Waals surface area contributed by atoms with Crippen LogP contribution in [0.25, 0.3) is 0 Å². The van der Waals surface area contributed by atoms with Crippen LogP contribution in [0.5, 0.6) is 17.6 Å². The zero-order valence-electron chi connectivity index (χ0n) is 43.5. The standard InChI is InChI=1S/C19H28N2O3.C18H24N2O3.C17H24N2O2/c1-12-20-15-13(16(21-12)22-5)6-7-14-17(2,3)19(23-10-11-24-19)9-8-18(14,15)4;1-10-19-14-12(16(20-10)23-5)6-7-13-17(2,3)15(22)11(9-21)8-18(13,14)4;1-10-18-14-11(15(19-10)21-5)6-7-12-16(2,3)13(20)8-9-17(12,14)4/h14H,6-11H2,1-5H3;9,13,21H,6-8H2,1-5H3;12H,6-9H2,1-5H3/b;11-9-;/t14-,18-;13-,18-;12-,17-/m000/s1. The average Bonchev–Trinajstić information content (AvgIpc) is 3.79. The number of hydrogen-bond acceptors (Lipinski definition) is 14. The lowest BCUT2D eigenvalue weighted by Crippen LogP contribution is -2.61. The highest BCUT2D eigenvalue weighted by atomic mass is 16.7. The molecule has 1 N–H and O–H groups in total. The fourth-order valence-electron chi connectivity index (χ4n) is 14.9. The van der Waals surface area contributed by atoms with Crippen molar-refractivity contribution in [2.75, 3.05) is 34.5 Å². The number of ether oxygens (including phenoxy) is 5. The van der Waals surface area contributed by atoms with Crippen LogP contribution in [0, 0.1) is 54.8 Å². The van der Waals surface area contributed by atoms with Gasteiger partial charge in [0, 0.05) is 67.6 Å². The van der Waals surface area contributed by atoms with Crippen LogP contribution < -0.4 is 14.2 Å². The molecule has 1 saturated heterocycles. The van der Waals surface area contributed by atoms with E-state index in [1.165, 1.54) is 11.3 Å². The van der Waals surface area contributed by atoms with Gasteiger partial charge in [0.05, 0.1) is 57.9 Å². The van der Waals surface area contributed by atoms with Gasteiger partial charge in [0.25, 0.3) is 0 Å². The van der Waals surface area contributed by atoms with E-state index in [0.29, 0.717) is 66.8 Å². The van der Waals surface area contributed by atoms with Gasteiger partial charge in [-0.1, -0.05) is 62.3 Å². The molecule has 1 spiro atoms. The number of Topliss-reactive ketones (excluding diaryl/α,β-unsaturated/α-hetero) is 2. The molecule has 10 rings (SSSR count). The lowest BCUT2D eigenvalue weighted by Gasteiger charge is -2.59. The maximum atomic E-state index is 12.7. The molecule has 4 fully saturated rings. The topological polar surface area (TPSA) is 178 Å². The van der Waals surface area contributed by atoms with Gasteiger partial charge in [0.15, 0.2) is 11.6 Å². The van der Waals surface area contributed by atoms with Crippen molar-refractivity contribution in [3.05, 3.63) is 63.1 Å². The number of rotatable bonds is 3. The second-order valence-electron chi connectivity index (χ2n) is 23.0. The van der Waals surface area contributed by atoms with Gasteiger partial charge in [-0.3, -0.25) is 9.59 Å². The van der Waals surface area contributed by atoms with Gasteiger partial charge in [-0.2, -0.15) is 15.0 Å². The molecule has 3 aromatic rings. The maximum Gasteiger partial charge on any atom is 0.219 e. The first-order valence-electron chi connectivity index (χ1n) is 24.8. The van der Waals surface area contributed by atoms with Crippen molar-refractivity contribution in [3.63, 3.8) is 0 Å². The Hall–Kier alpha value is -4.56. The molecule has 0 unspecified atom stereocenters. The van der Waals surface area contributed by atoms with Crippen LogP contribution in [0.4, 0.5) is 0 Å². The Balaban J connectivity index is 0.000000138. The summed E-state index contributed by atoms with van der Waals surface area (Å²) in [7, 11) is 5.01. The maximum absolute atomic E-state index is 12.7. The normalized spacial score (nSPS) is 31.5. The van der Waals surface area contributed by atoms with Crippen LogP contribution in [0.15, 0.2) is 11.8 Å². The SMILES string of the molecule is COc1nc(C)nc2c1CC[C@H]1C(C)(C)C(=O)/C(=C\O)C[C@]21C.COc1nc(C)nc2c1CC[C@H]1C(C)(C)C(=O)CC[C@]21C.COc1nc(C)nc2c1CC[C@H]1C(C)(C)C3(CC[C@]21C)OCCO3. The van der Waals surface area contributed by atoms with Crippen LogP contribution >= 0.6 is 0 Å². The first-order valence-corrected chi connectivity index (χ1v) is 24.8. The van der Waals surface area contributed by atoms with Crippen LogP contribution in [0.1, 0.15) is 165 Å². The van der Waals surface area contributed by atoms with Gasteiger partial charge < -0.3 is 28.8 Å². The molecule has 7 aliphatic rings. The van der Waals surface area contributed by atoms with Crippen molar-refractivity contribution in [2.24, 2.45) is 34.0 Å². The van der Waals surface area contributed by atoms with Crippen molar-refractivity contribution in [1.29, 1.82) is 0 Å². The lowest BCUT2D eigenvalue weighted by molar-refractivity contribution is -0.276. The number of aryl methyl sites for hydroxylation is 3. The number of ketones is 2. The number of nitrogens with zero attached hydrogens (tertiary/aromatic N) is 6. The summed E-state index contributed by atoms with van der Waals surface area (Å²) in [6, 6.07) is 0. The van der Waals surface area contributed by atoms with Gasteiger partial charge in [-0.05, 0) is 96.3 Å². The van der Waals surface area contributed by atoms with E-state index < -0.39 is 11.2 Å². The minimum absolute atomic E-state index is 0.0125. The van der Waals surface area contributed by atoms with Crippen LogP contribution in [0.2, 0.25) is 0 Å². The van der Waals surface area contributed by atoms with E-state index >= 15 is 0 Å². The number of hydrogen-bond donors (Lipinski definition) is 1. The van der Waals surface area contributed by atoms with E-state index in [2.05, 4.69) is 63.4 Å². The number of aliphatic hydroxyl groups excluding tert-OH is 1. The molecule has 14 heteroatoms. The minimum atomic E-state index is -0.522. The van der Waals surface area contributed by atoms with Crippen molar-refractivity contribution in [3.8, 4) is 17.6 Å². The quantitative estimate of drug-likeness (QED) is 0.194. The molecule has 0 aromatic carbocycles. The number of carbonyl (C=O) groups excluding carboxylic acids is 2. The minimum Gasteiger partial charge on any atom is -0.515 e. The summed E-state index contributed by atoms with van der Waals surface area (Å²) in [5, 5.41) is 9.56. The molecule has 0 bridgehead atoms. The Morgan fingerprint density at radius 3 is 1.40 bits per heavy atom. The van der Waals surface area contributed by atoms with Crippen molar-refractivity contribution in [2.45, 2.75) is 176 Å². The number of fused-ring (bicyclic) bond motifs is 9. The highest BCUT2D eigenvalue weighted by Crippen LogP contribution is 2.63. The van der Waals surface area contributed by atoms with E-state index in [4.69, 9.17) is 38.6 Å². The van der Waals surface area contributed by atoms with E-state index in [0.717, 1.165) is 104 Å². The monoisotopic (exact) mass is 937 g/mol. The molecule has 6 atom stereocenters. The summed E-state index contributed by atoms with van der Waals surface area (Å²) in [5.74, 6) is 5.31. The number of carbonyl (C=O) groups is 2. The number of aliphatic hydroxyl groups is 1. The highest BCUT2D eigenvalue weighted by Gasteiger charge is 2.64. The lowest BCUT2D eigenvalue weighted by atomic mass is 9.49. The Morgan fingerprint density at radius 2 is 0.956 bits per heavy atom. The Labute approximate surface area is 403 Å². The molecule has 4 heterocycles. The Morgan fingerprint density at radius 1 is 0.544 bits per heavy atom. The van der Waals surface area contributed by atoms with Gasteiger partial charge >= 0.3 is 0 Å². The first kappa shape index (κ1) is 49.8. The summed E-state index contributed by atoms with van der Waals surface area (Å²) in [6.07, 6.45) is 10.6. The molecule has 370 valence electrons. The van der Waals surface area contributed by atoms with Crippen molar-refractivity contribution >= 4 is 11.6 Å². The molecule has 3 aromatic heterocycles. The van der Waals surface area contributed by atoms with Crippen LogP contribution in [-0.4, -0.2) is 86.9 Å². The summed E-state index contributed by atoms with van der Waals surface area (Å²) < 4.78 is 28.8. The van der Waals surface area contributed by atoms with Crippen LogP contribution in [-0.2, 0) is 54.6 Å². The third-order valence-electron chi connectivity index (χ3n) is 18.3. The largest absolute Gasteiger partial charge is 0.515 e. The van der Waals surface area contributed by atoms with Crippen molar-refractivity contribution in [1.82, 2.24) is 29.9 Å². The highest BCUT2D eigenvalue weighted by molar-refractivity contribution is 6.01. The Bertz CT molecular complexity index is 2530. The zero-order valence-corrected chi connectivity index (χ0v) is 43.5. The zero-order chi connectivity index (χ0) is 49.6. The van der Waals surface area contributed by atoms with E-state index in [9.17, 15) is 14.7 Å². The molecular weight excluding hydrogens is 861 g/mol. The van der Waals surface area contributed by atoms with Crippen LogP contribution in [0.3, 0.4) is 0 Å². The second kappa shape index (κ2) is 17.4. The van der Waals surface area contributed by atoms with Crippen molar-refractivity contribution < 1.29 is 38.4 Å². The molecular formula is C54H76N6O8. The predicted molar refractivity (Wildman–Crippen MR) is 257 cm³/mol. The van der Waals surface area contributed by atoms with E-state index in [1.807, 2.05) is 34.6 Å². The van der Waals surface area contributed by atoms with Gasteiger partial charge in [0.2, 0.25) is 17.6 Å². The van der Waals surface area contributed by atoms with Gasteiger partial charge in [0.1, 0.15) is 23.3 Å². The third-order valence-corrected chi connectivity index (χ3v) is 18.3. The third kappa shape index (κ3) is 7.55. The number of methoxy groups -OCH3 is 3. The smallest absolute Gasteiger partial charge is 0.219 e. The fraction of sp³-hybridized carbons (Fsp3) is 0.704. The van der Waals surface area contributed by atoms with Gasteiger partial charge in [-0.25, -0.2) is 15.0 Å². The molecule has 3 saturated carbocycles. The fourth-order valence-corrected chi connectivity index (χ4v) is 14.9. The molecule has 6 aliphatic carbocycles. The van der Waals surface area contributed by atoms with E-state index in [1.54, 1.807) is 21.3 Å². The molecule has 1 aliphatic heterocycles.